The van der Waals surface area contributed by atoms with Crippen molar-refractivity contribution in [3.8, 4) is 5.82 Å². The largest absolute Gasteiger partial charge is 0.384 e. The summed E-state index contributed by atoms with van der Waals surface area (Å²) in [6, 6.07) is 9.82. The number of rotatable bonds is 7. The van der Waals surface area contributed by atoms with Crippen LogP contribution in [-0.4, -0.2) is 64.9 Å². The molecule has 0 saturated carbocycles. The molecule has 3 N–H and O–H groups in total. The fourth-order valence-corrected chi connectivity index (χ4v) is 5.33. The molecule has 1 aromatic carbocycles. The molecule has 0 bridgehead atoms. The van der Waals surface area contributed by atoms with E-state index in [1.54, 1.807) is 42.8 Å². The van der Waals surface area contributed by atoms with Gasteiger partial charge in [0.15, 0.2) is 11.5 Å². The van der Waals surface area contributed by atoms with Crippen molar-refractivity contribution in [3.05, 3.63) is 71.4 Å². The van der Waals surface area contributed by atoms with E-state index in [2.05, 4.69) is 50.2 Å². The van der Waals surface area contributed by atoms with E-state index in [9.17, 15) is 9.90 Å². The summed E-state index contributed by atoms with van der Waals surface area (Å²) < 4.78 is 5.02. The summed E-state index contributed by atoms with van der Waals surface area (Å²) in [5, 5.41) is 23.4. The zero-order valence-electron chi connectivity index (χ0n) is 23.7. The first-order chi connectivity index (χ1) is 19.6. The molecule has 0 aliphatic carbocycles. The number of benzene rings is 1. The Balaban J connectivity index is 1.46. The average molecular weight is 555 g/mol. The van der Waals surface area contributed by atoms with Crippen LogP contribution in [0.4, 0.5) is 17.3 Å². The van der Waals surface area contributed by atoms with Gasteiger partial charge in [0.25, 0.3) is 5.56 Å². The molecule has 6 rings (SSSR count). The molecule has 1 atom stereocenters. The molecule has 0 unspecified atom stereocenters. The maximum Gasteiger partial charge on any atom is 0.278 e. The van der Waals surface area contributed by atoms with Crippen LogP contribution in [0.25, 0.3) is 27.8 Å². The fraction of sp³-hybridized carbons (Fsp3) is 0.345. The van der Waals surface area contributed by atoms with Crippen LogP contribution in [0.5, 0.6) is 0 Å². The topological polar surface area (TPSA) is 131 Å². The SMILES string of the molecule is C=CCn1c(=O)c2cnc(Nc3cc(N4CCN[C@H](C)C4)c4cnn(C)c4c3)nc2n1-c1cccc(C(C)(C)O)n1. The minimum absolute atomic E-state index is 0.246. The normalized spacial score (nSPS) is 16.0. The van der Waals surface area contributed by atoms with E-state index in [1.165, 1.54) is 10.9 Å². The lowest BCUT2D eigenvalue weighted by atomic mass is 10.1. The molecule has 0 amide bonds. The molecule has 5 heterocycles. The number of anilines is 3. The van der Waals surface area contributed by atoms with E-state index < -0.39 is 5.60 Å². The first-order valence-electron chi connectivity index (χ1n) is 13.6. The number of hydrogen-bond donors (Lipinski definition) is 3. The van der Waals surface area contributed by atoms with Gasteiger partial charge in [-0.1, -0.05) is 12.1 Å². The van der Waals surface area contributed by atoms with Gasteiger partial charge in [0.1, 0.15) is 11.0 Å². The van der Waals surface area contributed by atoms with E-state index in [1.807, 2.05) is 24.0 Å². The maximum atomic E-state index is 13.4. The molecule has 12 heteroatoms. The predicted molar refractivity (Wildman–Crippen MR) is 160 cm³/mol. The van der Waals surface area contributed by atoms with Crippen molar-refractivity contribution in [3.63, 3.8) is 0 Å². The number of hydrogen-bond acceptors (Lipinski definition) is 9. The molecule has 1 aliphatic heterocycles. The number of fused-ring (bicyclic) bond motifs is 2. The number of nitrogens with one attached hydrogen (secondary N) is 2. The predicted octanol–water partition coefficient (Wildman–Crippen LogP) is 2.82. The number of aryl methyl sites for hydroxylation is 1. The molecule has 4 aromatic heterocycles. The number of aliphatic hydroxyl groups is 1. The van der Waals surface area contributed by atoms with Crippen LogP contribution < -0.4 is 21.1 Å². The second-order valence-corrected chi connectivity index (χ2v) is 11.0. The summed E-state index contributed by atoms with van der Waals surface area (Å²) in [7, 11) is 1.93. The van der Waals surface area contributed by atoms with Crippen molar-refractivity contribution in [2.24, 2.45) is 7.05 Å². The standard InChI is InChI=1S/C29H34N10O2/c1-6-11-38-27(40)21-15-31-28(35-26(21)39(38)25-9-7-8-24(34-25)29(3,4)41)33-19-13-22-20(16-32-36(22)5)23(14-19)37-12-10-30-18(2)17-37/h6-9,13-16,18,30,41H,1,10-12,17H2,2-5H3,(H,31,33,35)/t18-/m1/s1. The third kappa shape index (κ3) is 4.85. The molecular formula is C29H34N10O2. The average Bonchev–Trinajstić information content (AvgIpc) is 3.44. The minimum Gasteiger partial charge on any atom is -0.384 e. The van der Waals surface area contributed by atoms with Crippen LogP contribution in [0.2, 0.25) is 0 Å². The van der Waals surface area contributed by atoms with Crippen LogP contribution in [0.1, 0.15) is 26.5 Å². The smallest absolute Gasteiger partial charge is 0.278 e. The Labute approximate surface area is 236 Å². The number of piperazine rings is 1. The maximum absolute atomic E-state index is 13.4. The third-order valence-corrected chi connectivity index (χ3v) is 7.37. The number of allylic oxidation sites excluding steroid dienone is 1. The van der Waals surface area contributed by atoms with Crippen molar-refractivity contribution < 1.29 is 5.11 Å². The second-order valence-electron chi connectivity index (χ2n) is 11.0. The lowest BCUT2D eigenvalue weighted by Gasteiger charge is -2.34. The Kier molecular flexibility index (Phi) is 6.59. The molecular weight excluding hydrogens is 520 g/mol. The van der Waals surface area contributed by atoms with E-state index in [4.69, 9.17) is 4.98 Å². The van der Waals surface area contributed by atoms with E-state index in [0.29, 0.717) is 34.5 Å². The highest BCUT2D eigenvalue weighted by Crippen LogP contribution is 2.32. The van der Waals surface area contributed by atoms with Crippen molar-refractivity contribution in [1.29, 1.82) is 0 Å². The van der Waals surface area contributed by atoms with Gasteiger partial charge in [-0.3, -0.25) is 9.48 Å². The lowest BCUT2D eigenvalue weighted by molar-refractivity contribution is 0.0738. The third-order valence-electron chi connectivity index (χ3n) is 7.37. The summed E-state index contributed by atoms with van der Waals surface area (Å²) in [6.45, 7) is 12.3. The van der Waals surface area contributed by atoms with Gasteiger partial charge < -0.3 is 20.6 Å². The molecule has 1 saturated heterocycles. The highest BCUT2D eigenvalue weighted by Gasteiger charge is 2.23. The molecule has 212 valence electrons. The molecule has 5 aromatic rings. The second kappa shape index (κ2) is 10.1. The zero-order valence-corrected chi connectivity index (χ0v) is 23.7. The first kappa shape index (κ1) is 26.7. The van der Waals surface area contributed by atoms with Crippen molar-refractivity contribution in [2.45, 2.75) is 39.0 Å². The first-order valence-corrected chi connectivity index (χ1v) is 13.6. The monoisotopic (exact) mass is 554 g/mol. The molecule has 41 heavy (non-hydrogen) atoms. The molecule has 0 radical (unpaired) electrons. The van der Waals surface area contributed by atoms with Gasteiger partial charge in [-0.05, 0) is 45.0 Å². The van der Waals surface area contributed by atoms with Crippen molar-refractivity contribution in [1.82, 2.24) is 39.4 Å². The van der Waals surface area contributed by atoms with Crippen molar-refractivity contribution >= 4 is 39.3 Å². The zero-order chi connectivity index (χ0) is 28.9. The number of aromatic nitrogens is 7. The van der Waals surface area contributed by atoms with E-state index in [-0.39, 0.29) is 12.1 Å². The van der Waals surface area contributed by atoms with Gasteiger partial charge in [0, 0.05) is 55.7 Å². The van der Waals surface area contributed by atoms with Gasteiger partial charge in [-0.15, -0.1) is 6.58 Å². The quantitative estimate of drug-likeness (QED) is 0.260. The van der Waals surface area contributed by atoms with Gasteiger partial charge in [0.05, 0.1) is 24.0 Å². The number of pyridine rings is 1. The fourth-order valence-electron chi connectivity index (χ4n) is 5.33. The van der Waals surface area contributed by atoms with Crippen LogP contribution in [0.3, 0.4) is 0 Å². The van der Waals surface area contributed by atoms with Gasteiger partial charge in [-0.2, -0.15) is 10.1 Å². The van der Waals surface area contributed by atoms with Gasteiger partial charge in [-0.25, -0.2) is 19.3 Å². The summed E-state index contributed by atoms with van der Waals surface area (Å²) in [4.78, 5) is 29.7. The minimum atomic E-state index is -1.16. The van der Waals surface area contributed by atoms with Crippen LogP contribution in [-0.2, 0) is 19.2 Å². The summed E-state index contributed by atoms with van der Waals surface area (Å²) in [5.41, 5.74) is 2.34. The Hall–Kier alpha value is -4.55. The van der Waals surface area contributed by atoms with Crippen LogP contribution >= 0.6 is 0 Å². The van der Waals surface area contributed by atoms with Crippen molar-refractivity contribution in [2.75, 3.05) is 29.9 Å². The Bertz CT molecular complexity index is 1830. The lowest BCUT2D eigenvalue weighted by Crippen LogP contribution is -2.49. The highest BCUT2D eigenvalue weighted by atomic mass is 16.3. The van der Waals surface area contributed by atoms with Gasteiger partial charge >= 0.3 is 0 Å². The summed E-state index contributed by atoms with van der Waals surface area (Å²) in [5.74, 6) is 0.788. The Morgan fingerprint density at radius 2 is 2.05 bits per heavy atom. The molecule has 0 spiro atoms. The van der Waals surface area contributed by atoms with Crippen LogP contribution in [0, 0.1) is 0 Å². The highest BCUT2D eigenvalue weighted by molar-refractivity contribution is 5.95. The van der Waals surface area contributed by atoms with E-state index in [0.717, 1.165) is 41.9 Å². The van der Waals surface area contributed by atoms with Crippen LogP contribution in [0.15, 0.2) is 60.2 Å². The van der Waals surface area contributed by atoms with E-state index >= 15 is 0 Å². The summed E-state index contributed by atoms with van der Waals surface area (Å²) in [6.07, 6.45) is 5.08. The Morgan fingerprint density at radius 3 is 2.80 bits per heavy atom. The molecule has 1 fully saturated rings. The molecule has 12 nitrogen and oxygen atoms in total. The number of nitrogens with zero attached hydrogens (tertiary/aromatic N) is 8. The Morgan fingerprint density at radius 1 is 1.22 bits per heavy atom. The van der Waals surface area contributed by atoms with Gasteiger partial charge in [0.2, 0.25) is 5.95 Å². The molecule has 1 aliphatic rings. The summed E-state index contributed by atoms with van der Waals surface area (Å²) >= 11 is 0.